The highest BCUT2D eigenvalue weighted by atomic mass is 35.5. The summed E-state index contributed by atoms with van der Waals surface area (Å²) in [7, 11) is 0. The highest BCUT2D eigenvalue weighted by molar-refractivity contribution is 6.17. The summed E-state index contributed by atoms with van der Waals surface area (Å²) < 4.78 is 5.33. The molecule has 0 unspecified atom stereocenters. The van der Waals surface area contributed by atoms with E-state index in [4.69, 9.17) is 16.0 Å². The lowest BCUT2D eigenvalue weighted by Crippen LogP contribution is -2.23. The second-order valence-electron chi connectivity index (χ2n) is 3.70. The molecular weight excluding hydrogens is 210 g/mol. The number of hydrogen-bond donors (Lipinski definition) is 0. The van der Waals surface area contributed by atoms with E-state index in [1.807, 2.05) is 12.1 Å². The fourth-order valence-corrected chi connectivity index (χ4v) is 1.77. The van der Waals surface area contributed by atoms with Crippen LogP contribution in [0.1, 0.15) is 31.9 Å². The molecule has 0 saturated heterocycles. The van der Waals surface area contributed by atoms with Crippen molar-refractivity contribution in [2.75, 3.05) is 19.0 Å². The van der Waals surface area contributed by atoms with Crippen molar-refractivity contribution in [2.24, 2.45) is 0 Å². The first-order valence-electron chi connectivity index (χ1n) is 5.67. The number of furan rings is 1. The summed E-state index contributed by atoms with van der Waals surface area (Å²) in [6.07, 6.45) is 5.30. The maximum Gasteiger partial charge on any atom is 0.117 e. The molecule has 0 aliphatic rings. The lowest BCUT2D eigenvalue weighted by atomic mass is 10.2. The van der Waals surface area contributed by atoms with Crippen molar-refractivity contribution < 1.29 is 4.42 Å². The number of unbranched alkanes of at least 4 members (excludes halogenated alkanes) is 2. The number of alkyl halides is 1. The molecule has 0 N–H and O–H groups in total. The summed E-state index contributed by atoms with van der Waals surface area (Å²) in [5.41, 5.74) is 0. The van der Waals surface area contributed by atoms with Crippen LogP contribution >= 0.6 is 11.6 Å². The number of hydrogen-bond acceptors (Lipinski definition) is 2. The van der Waals surface area contributed by atoms with Crippen LogP contribution in [0.3, 0.4) is 0 Å². The lowest BCUT2D eigenvalue weighted by Gasteiger charge is -2.18. The van der Waals surface area contributed by atoms with Gasteiger partial charge < -0.3 is 4.42 Å². The topological polar surface area (TPSA) is 16.4 Å². The molecule has 86 valence electrons. The predicted octanol–water partition coefficient (Wildman–Crippen LogP) is 3.51. The number of halogens is 1. The Morgan fingerprint density at radius 1 is 1.33 bits per heavy atom. The molecule has 0 aliphatic carbocycles. The van der Waals surface area contributed by atoms with Gasteiger partial charge in [0.05, 0.1) is 12.8 Å². The number of rotatable bonds is 8. The smallest absolute Gasteiger partial charge is 0.117 e. The van der Waals surface area contributed by atoms with Crippen LogP contribution in [0.5, 0.6) is 0 Å². The first-order valence-corrected chi connectivity index (χ1v) is 6.21. The van der Waals surface area contributed by atoms with Crippen LogP contribution in [-0.2, 0) is 6.54 Å². The molecule has 0 atom stereocenters. The van der Waals surface area contributed by atoms with Crippen molar-refractivity contribution in [3.8, 4) is 0 Å². The Morgan fingerprint density at radius 2 is 2.20 bits per heavy atom. The molecule has 0 amide bonds. The van der Waals surface area contributed by atoms with Gasteiger partial charge in [-0.25, -0.2) is 0 Å². The average Bonchev–Trinajstić information content (AvgIpc) is 2.75. The summed E-state index contributed by atoms with van der Waals surface area (Å²) in [5, 5.41) is 0. The van der Waals surface area contributed by atoms with Crippen LogP contribution < -0.4 is 0 Å². The van der Waals surface area contributed by atoms with Crippen LogP contribution in [0.15, 0.2) is 22.8 Å². The second kappa shape index (κ2) is 7.77. The fraction of sp³-hybridized carbons (Fsp3) is 0.667. The maximum absolute atomic E-state index is 5.64. The van der Waals surface area contributed by atoms with Gasteiger partial charge in [0, 0.05) is 5.88 Å². The highest BCUT2D eigenvalue weighted by Crippen LogP contribution is 2.07. The van der Waals surface area contributed by atoms with Gasteiger partial charge in [-0.2, -0.15) is 0 Å². The third-order valence-electron chi connectivity index (χ3n) is 2.51. The monoisotopic (exact) mass is 229 g/mol. The van der Waals surface area contributed by atoms with Crippen LogP contribution in [0, 0.1) is 0 Å². The van der Waals surface area contributed by atoms with E-state index < -0.39 is 0 Å². The minimum Gasteiger partial charge on any atom is -0.468 e. The van der Waals surface area contributed by atoms with E-state index in [0.717, 1.165) is 37.7 Å². The molecule has 2 nitrogen and oxygen atoms in total. The Balaban J connectivity index is 2.18. The van der Waals surface area contributed by atoms with Crippen molar-refractivity contribution in [3.63, 3.8) is 0 Å². The van der Waals surface area contributed by atoms with Crippen molar-refractivity contribution in [3.05, 3.63) is 24.2 Å². The third-order valence-corrected chi connectivity index (χ3v) is 2.78. The van der Waals surface area contributed by atoms with Crippen LogP contribution in [0.25, 0.3) is 0 Å². The molecule has 0 saturated carbocycles. The van der Waals surface area contributed by atoms with Gasteiger partial charge in [0.1, 0.15) is 5.76 Å². The van der Waals surface area contributed by atoms with Gasteiger partial charge in [-0.1, -0.05) is 13.3 Å². The van der Waals surface area contributed by atoms with Crippen molar-refractivity contribution in [1.82, 2.24) is 4.90 Å². The van der Waals surface area contributed by atoms with Crippen LogP contribution in [-0.4, -0.2) is 23.9 Å². The van der Waals surface area contributed by atoms with Crippen LogP contribution in [0.4, 0.5) is 0 Å². The minimum absolute atomic E-state index is 0.782. The molecule has 1 heterocycles. The number of nitrogens with zero attached hydrogens (tertiary/aromatic N) is 1. The molecule has 1 aromatic heterocycles. The van der Waals surface area contributed by atoms with Gasteiger partial charge in [0.2, 0.25) is 0 Å². The standard InChI is InChI=1S/C12H20ClNO/c1-2-14(9-5-3-4-8-13)11-12-7-6-10-15-12/h6-7,10H,2-5,8-9,11H2,1H3. The lowest BCUT2D eigenvalue weighted by molar-refractivity contribution is 0.251. The molecular formula is C12H20ClNO. The molecule has 0 fully saturated rings. The summed E-state index contributed by atoms with van der Waals surface area (Å²) >= 11 is 5.64. The van der Waals surface area contributed by atoms with Crippen LogP contribution in [0.2, 0.25) is 0 Å². The Kier molecular flexibility index (Phi) is 6.53. The first kappa shape index (κ1) is 12.6. The van der Waals surface area contributed by atoms with E-state index >= 15 is 0 Å². The first-order chi connectivity index (χ1) is 7.36. The van der Waals surface area contributed by atoms with Gasteiger partial charge in [0.15, 0.2) is 0 Å². The SMILES string of the molecule is CCN(CCCCCCl)Cc1ccco1. The van der Waals surface area contributed by atoms with Gasteiger partial charge in [-0.3, -0.25) is 4.90 Å². The fourth-order valence-electron chi connectivity index (χ4n) is 1.58. The second-order valence-corrected chi connectivity index (χ2v) is 4.08. The van der Waals surface area contributed by atoms with Crippen molar-refractivity contribution in [1.29, 1.82) is 0 Å². The summed E-state index contributed by atoms with van der Waals surface area (Å²) in [6.45, 7) is 5.31. The zero-order valence-corrected chi connectivity index (χ0v) is 10.2. The molecule has 0 radical (unpaired) electrons. The Bertz CT molecular complexity index is 236. The molecule has 15 heavy (non-hydrogen) atoms. The normalized spacial score (nSPS) is 11.1. The van der Waals surface area contributed by atoms with Gasteiger partial charge in [-0.15, -0.1) is 11.6 Å². The Morgan fingerprint density at radius 3 is 2.80 bits per heavy atom. The van der Waals surface area contributed by atoms with Crippen molar-refractivity contribution in [2.45, 2.75) is 32.7 Å². The molecule has 0 bridgehead atoms. The zero-order chi connectivity index (χ0) is 10.9. The average molecular weight is 230 g/mol. The van der Waals surface area contributed by atoms with Gasteiger partial charge >= 0.3 is 0 Å². The van der Waals surface area contributed by atoms with E-state index in [2.05, 4.69) is 11.8 Å². The molecule has 0 spiro atoms. The Labute approximate surface area is 97.2 Å². The van der Waals surface area contributed by atoms with E-state index in [1.165, 1.54) is 12.8 Å². The summed E-state index contributed by atoms with van der Waals surface area (Å²) in [6, 6.07) is 3.97. The molecule has 1 rings (SSSR count). The van der Waals surface area contributed by atoms with E-state index in [1.54, 1.807) is 6.26 Å². The third kappa shape index (κ3) is 5.24. The highest BCUT2D eigenvalue weighted by Gasteiger charge is 2.04. The Hall–Kier alpha value is -0.470. The quantitative estimate of drug-likeness (QED) is 0.501. The largest absolute Gasteiger partial charge is 0.468 e. The van der Waals surface area contributed by atoms with E-state index in [9.17, 15) is 0 Å². The molecule has 0 aromatic carbocycles. The van der Waals surface area contributed by atoms with E-state index in [-0.39, 0.29) is 0 Å². The minimum atomic E-state index is 0.782. The molecule has 1 aromatic rings. The maximum atomic E-state index is 5.64. The molecule has 3 heteroatoms. The zero-order valence-electron chi connectivity index (χ0n) is 9.42. The predicted molar refractivity (Wildman–Crippen MR) is 64.2 cm³/mol. The van der Waals surface area contributed by atoms with Gasteiger partial charge in [0.25, 0.3) is 0 Å². The van der Waals surface area contributed by atoms with Gasteiger partial charge in [-0.05, 0) is 38.1 Å². The summed E-state index contributed by atoms with van der Waals surface area (Å²) in [5.74, 6) is 1.83. The van der Waals surface area contributed by atoms with Crippen molar-refractivity contribution >= 4 is 11.6 Å². The molecule has 0 aliphatic heterocycles. The summed E-state index contributed by atoms with van der Waals surface area (Å²) in [4.78, 5) is 2.40. The van der Waals surface area contributed by atoms with E-state index in [0.29, 0.717) is 0 Å².